The van der Waals surface area contributed by atoms with E-state index in [1.165, 1.54) is 6.07 Å². The zero-order valence-corrected chi connectivity index (χ0v) is 16.4. The molecule has 2 aromatic heterocycles. The molecule has 7 nitrogen and oxygen atoms in total. The van der Waals surface area contributed by atoms with Crippen molar-refractivity contribution in [2.24, 2.45) is 0 Å². The quantitative estimate of drug-likeness (QED) is 0.728. The number of ether oxygens (including phenoxy) is 1. The number of carbonyl (C=O) groups excluding carboxylic acids is 1. The van der Waals surface area contributed by atoms with Gasteiger partial charge in [-0.1, -0.05) is 6.07 Å². The molecule has 0 saturated carbocycles. The van der Waals surface area contributed by atoms with Gasteiger partial charge in [-0.3, -0.25) is 9.36 Å². The van der Waals surface area contributed by atoms with Gasteiger partial charge in [0.1, 0.15) is 11.4 Å². The molecule has 2 rings (SSSR count). The predicted octanol–water partition coefficient (Wildman–Crippen LogP) is 3.34. The summed E-state index contributed by atoms with van der Waals surface area (Å²) in [7, 11) is 0. The highest BCUT2D eigenvalue weighted by atomic mass is 16.6. The van der Waals surface area contributed by atoms with Crippen molar-refractivity contribution in [1.82, 2.24) is 14.9 Å². The number of pyridine rings is 2. The minimum absolute atomic E-state index is 0.0918. The van der Waals surface area contributed by atoms with Crippen molar-refractivity contribution in [2.75, 3.05) is 11.9 Å². The van der Waals surface area contributed by atoms with Crippen LogP contribution in [0.25, 0.3) is 5.69 Å². The van der Waals surface area contributed by atoms with Gasteiger partial charge in [-0.2, -0.15) is 0 Å². The largest absolute Gasteiger partial charge is 0.444 e. The summed E-state index contributed by atoms with van der Waals surface area (Å²) in [5.74, 6) is 0.746. The Morgan fingerprint density at radius 2 is 2.04 bits per heavy atom. The molecule has 0 aliphatic carbocycles. The summed E-state index contributed by atoms with van der Waals surface area (Å²) >= 11 is 0. The van der Waals surface area contributed by atoms with Crippen LogP contribution in [0, 0.1) is 0 Å². The second-order valence-electron chi connectivity index (χ2n) is 7.43. The van der Waals surface area contributed by atoms with Gasteiger partial charge in [0.2, 0.25) is 0 Å². The molecule has 0 fully saturated rings. The summed E-state index contributed by atoms with van der Waals surface area (Å²) in [6, 6.07) is 8.93. The molecule has 2 aromatic rings. The number of nitrogens with one attached hydrogen (secondary N) is 2. The normalized spacial score (nSPS) is 12.3. The van der Waals surface area contributed by atoms with Crippen LogP contribution in [0.15, 0.2) is 47.5 Å². The summed E-state index contributed by atoms with van der Waals surface area (Å²) in [5.41, 5.74) is 0.146. The van der Waals surface area contributed by atoms with Crippen LogP contribution >= 0.6 is 0 Å². The van der Waals surface area contributed by atoms with E-state index in [4.69, 9.17) is 4.74 Å². The second kappa shape index (κ2) is 9.21. The van der Waals surface area contributed by atoms with E-state index in [-0.39, 0.29) is 11.6 Å². The molecular weight excluding hydrogens is 344 g/mol. The lowest BCUT2D eigenvalue weighted by atomic mass is 10.2. The van der Waals surface area contributed by atoms with E-state index in [1.807, 2.05) is 32.9 Å². The number of hydrogen-bond donors (Lipinski definition) is 2. The summed E-state index contributed by atoms with van der Waals surface area (Å²) < 4.78 is 6.74. The fraction of sp³-hybridized carbons (Fsp3) is 0.450. The average Bonchev–Trinajstić information content (AvgIpc) is 2.58. The van der Waals surface area contributed by atoms with E-state index in [9.17, 15) is 9.59 Å². The Bertz CT molecular complexity index is 794. The van der Waals surface area contributed by atoms with Crippen molar-refractivity contribution in [3.05, 3.63) is 53.1 Å². The van der Waals surface area contributed by atoms with Crippen molar-refractivity contribution in [3.8, 4) is 5.69 Å². The molecule has 2 heterocycles. The van der Waals surface area contributed by atoms with Crippen LogP contribution in [0.3, 0.4) is 0 Å². The number of carbonyl (C=O) groups is 1. The molecule has 0 saturated heterocycles. The molecular formula is C20H28N4O3. The van der Waals surface area contributed by atoms with E-state index in [0.717, 1.165) is 24.3 Å². The number of aromatic nitrogens is 2. The SMILES string of the molecule is C[C@H](CCCNC(=O)OC(C)(C)C)Nc1ccc(-n2ccccc2=O)cn1. The summed E-state index contributed by atoms with van der Waals surface area (Å²) in [4.78, 5) is 27.8. The maximum absolute atomic E-state index is 11.8. The van der Waals surface area contributed by atoms with Crippen LogP contribution < -0.4 is 16.2 Å². The molecule has 2 N–H and O–H groups in total. The standard InChI is InChI=1S/C20H28N4O3/c1-15(8-7-12-21-19(26)27-20(2,3)4)23-17-11-10-16(14-22-17)24-13-6-5-9-18(24)25/h5-6,9-11,13-15H,7-8,12H2,1-4H3,(H,21,26)(H,22,23)/t15-/m1/s1. The van der Waals surface area contributed by atoms with Gasteiger partial charge in [-0.05, 0) is 58.7 Å². The lowest BCUT2D eigenvalue weighted by molar-refractivity contribution is 0.0527. The molecule has 0 aliphatic heterocycles. The molecule has 0 unspecified atom stereocenters. The zero-order valence-electron chi connectivity index (χ0n) is 16.4. The fourth-order valence-corrected chi connectivity index (χ4v) is 2.49. The number of nitrogens with zero attached hydrogens (tertiary/aromatic N) is 2. The highest BCUT2D eigenvalue weighted by Gasteiger charge is 2.15. The Morgan fingerprint density at radius 1 is 1.26 bits per heavy atom. The minimum Gasteiger partial charge on any atom is -0.444 e. The molecule has 0 aromatic carbocycles. The number of rotatable bonds is 7. The van der Waals surface area contributed by atoms with Crippen LogP contribution in [0.2, 0.25) is 0 Å². The Balaban J connectivity index is 1.76. The molecule has 7 heteroatoms. The Morgan fingerprint density at radius 3 is 2.67 bits per heavy atom. The summed E-state index contributed by atoms with van der Waals surface area (Å²) in [6.07, 6.45) is 4.69. The van der Waals surface area contributed by atoms with E-state index in [0.29, 0.717) is 6.54 Å². The Kier molecular flexibility index (Phi) is 6.98. The van der Waals surface area contributed by atoms with Gasteiger partial charge in [0, 0.05) is 24.8 Å². The maximum atomic E-state index is 11.8. The third-order valence-corrected chi connectivity index (χ3v) is 3.72. The Hall–Kier alpha value is -2.83. The van der Waals surface area contributed by atoms with Crippen LogP contribution in [0.5, 0.6) is 0 Å². The predicted molar refractivity (Wildman–Crippen MR) is 106 cm³/mol. The van der Waals surface area contributed by atoms with Gasteiger partial charge in [0.25, 0.3) is 5.56 Å². The molecule has 146 valence electrons. The minimum atomic E-state index is -0.484. The number of alkyl carbamates (subject to hydrolysis) is 1. The number of anilines is 1. The monoisotopic (exact) mass is 372 g/mol. The highest BCUT2D eigenvalue weighted by Crippen LogP contribution is 2.11. The van der Waals surface area contributed by atoms with Crippen molar-refractivity contribution in [3.63, 3.8) is 0 Å². The van der Waals surface area contributed by atoms with Crippen LogP contribution in [0.4, 0.5) is 10.6 Å². The van der Waals surface area contributed by atoms with Gasteiger partial charge in [0.15, 0.2) is 0 Å². The lowest BCUT2D eigenvalue weighted by Crippen LogP contribution is -2.33. The summed E-state index contributed by atoms with van der Waals surface area (Å²) in [6.45, 7) is 8.13. The first-order valence-electron chi connectivity index (χ1n) is 9.12. The number of amides is 1. The van der Waals surface area contributed by atoms with Crippen LogP contribution in [0.1, 0.15) is 40.5 Å². The third-order valence-electron chi connectivity index (χ3n) is 3.72. The van der Waals surface area contributed by atoms with E-state index in [2.05, 4.69) is 22.5 Å². The molecule has 0 spiro atoms. The first-order valence-corrected chi connectivity index (χ1v) is 9.12. The number of hydrogen-bond acceptors (Lipinski definition) is 5. The van der Waals surface area contributed by atoms with Crippen molar-refractivity contribution < 1.29 is 9.53 Å². The van der Waals surface area contributed by atoms with Crippen LogP contribution in [-0.4, -0.2) is 33.8 Å². The van der Waals surface area contributed by atoms with Crippen molar-refractivity contribution in [1.29, 1.82) is 0 Å². The molecule has 0 aliphatic rings. The molecule has 27 heavy (non-hydrogen) atoms. The van der Waals surface area contributed by atoms with Crippen molar-refractivity contribution >= 4 is 11.9 Å². The highest BCUT2D eigenvalue weighted by molar-refractivity contribution is 5.67. The van der Waals surface area contributed by atoms with Gasteiger partial charge in [0.05, 0.1) is 11.9 Å². The van der Waals surface area contributed by atoms with Crippen LogP contribution in [-0.2, 0) is 4.74 Å². The van der Waals surface area contributed by atoms with Crippen molar-refractivity contribution in [2.45, 2.75) is 52.2 Å². The van der Waals surface area contributed by atoms with E-state index >= 15 is 0 Å². The van der Waals surface area contributed by atoms with Gasteiger partial charge in [-0.25, -0.2) is 9.78 Å². The molecule has 1 atom stereocenters. The lowest BCUT2D eigenvalue weighted by Gasteiger charge is -2.20. The van der Waals surface area contributed by atoms with Gasteiger partial charge >= 0.3 is 6.09 Å². The molecule has 0 radical (unpaired) electrons. The van der Waals surface area contributed by atoms with E-state index < -0.39 is 11.7 Å². The first kappa shape index (κ1) is 20.5. The summed E-state index contributed by atoms with van der Waals surface area (Å²) in [5, 5.41) is 6.07. The van der Waals surface area contributed by atoms with Gasteiger partial charge < -0.3 is 15.4 Å². The Labute approximate surface area is 159 Å². The second-order valence-corrected chi connectivity index (χ2v) is 7.43. The third kappa shape index (κ3) is 7.13. The maximum Gasteiger partial charge on any atom is 0.407 e. The molecule has 0 bridgehead atoms. The molecule has 1 amide bonds. The van der Waals surface area contributed by atoms with Gasteiger partial charge in [-0.15, -0.1) is 0 Å². The smallest absolute Gasteiger partial charge is 0.407 e. The topological polar surface area (TPSA) is 85.2 Å². The zero-order chi connectivity index (χ0) is 19.9. The van der Waals surface area contributed by atoms with E-state index in [1.54, 1.807) is 29.1 Å². The average molecular weight is 372 g/mol. The first-order chi connectivity index (χ1) is 12.7. The fourth-order valence-electron chi connectivity index (χ4n) is 2.49.